The number of carboxylic acids is 1. The number of aliphatic carboxylic acids is 1. The standard InChI is InChI=1S/C13H15N5O5/c1-13(2)22-6-7(23-13)11(21-8(6)12(19)20)18-4-17-5-9(14)15-3-16-10(5)18/h3-4,6-8,11H,1-2H3,(H,19,20)(H2,14,15,16)/t6-,7?,8+,11-/m0/s1. The van der Waals surface area contributed by atoms with Gasteiger partial charge in [0.25, 0.3) is 0 Å². The van der Waals surface area contributed by atoms with Crippen molar-refractivity contribution in [1.29, 1.82) is 0 Å². The van der Waals surface area contributed by atoms with E-state index in [9.17, 15) is 9.90 Å². The predicted octanol–water partition coefficient (Wildman–Crippen LogP) is -0.0894. The van der Waals surface area contributed by atoms with E-state index in [1.807, 2.05) is 0 Å². The topological polar surface area (TPSA) is 135 Å². The zero-order chi connectivity index (χ0) is 16.4. The van der Waals surface area contributed by atoms with Crippen molar-refractivity contribution in [2.75, 3.05) is 5.73 Å². The molecule has 0 amide bonds. The molecule has 2 aliphatic rings. The maximum atomic E-state index is 11.5. The van der Waals surface area contributed by atoms with E-state index >= 15 is 0 Å². The number of nitrogens with zero attached hydrogens (tertiary/aromatic N) is 4. The molecule has 2 aromatic rings. The third-order valence-electron chi connectivity index (χ3n) is 3.93. The van der Waals surface area contributed by atoms with Crippen molar-refractivity contribution in [3.63, 3.8) is 0 Å². The number of aromatic nitrogens is 4. The largest absolute Gasteiger partial charge is 0.479 e. The highest BCUT2D eigenvalue weighted by molar-refractivity contribution is 5.81. The normalized spacial score (nSPS) is 32.3. The molecule has 1 unspecified atom stereocenters. The summed E-state index contributed by atoms with van der Waals surface area (Å²) >= 11 is 0. The van der Waals surface area contributed by atoms with Crippen molar-refractivity contribution in [1.82, 2.24) is 19.5 Å². The highest BCUT2D eigenvalue weighted by Crippen LogP contribution is 2.43. The summed E-state index contributed by atoms with van der Waals surface area (Å²) < 4.78 is 18.8. The highest BCUT2D eigenvalue weighted by Gasteiger charge is 2.58. The summed E-state index contributed by atoms with van der Waals surface area (Å²) in [4.78, 5) is 23.7. The van der Waals surface area contributed by atoms with Crippen LogP contribution in [0.5, 0.6) is 0 Å². The molecule has 2 aliphatic heterocycles. The van der Waals surface area contributed by atoms with Crippen molar-refractivity contribution in [3.8, 4) is 0 Å². The molecule has 2 aromatic heterocycles. The van der Waals surface area contributed by atoms with Gasteiger partial charge in [0.1, 0.15) is 24.1 Å². The number of ether oxygens (including phenoxy) is 3. The van der Waals surface area contributed by atoms with E-state index in [0.717, 1.165) is 0 Å². The average molecular weight is 321 g/mol. The minimum Gasteiger partial charge on any atom is -0.479 e. The van der Waals surface area contributed by atoms with Gasteiger partial charge < -0.3 is 25.1 Å². The van der Waals surface area contributed by atoms with Crippen molar-refractivity contribution < 1.29 is 24.1 Å². The van der Waals surface area contributed by atoms with Gasteiger partial charge in [0, 0.05) is 0 Å². The van der Waals surface area contributed by atoms with Crippen molar-refractivity contribution in [3.05, 3.63) is 12.7 Å². The average Bonchev–Trinajstić information content (AvgIpc) is 3.09. The van der Waals surface area contributed by atoms with E-state index in [1.165, 1.54) is 12.7 Å². The Labute approximate surface area is 130 Å². The van der Waals surface area contributed by atoms with Gasteiger partial charge in [-0.15, -0.1) is 0 Å². The molecule has 4 heterocycles. The van der Waals surface area contributed by atoms with Crippen molar-refractivity contribution >= 4 is 23.0 Å². The van der Waals surface area contributed by atoms with Crippen molar-refractivity contribution in [2.24, 2.45) is 0 Å². The summed E-state index contributed by atoms with van der Waals surface area (Å²) in [6.07, 6.45) is -0.391. The molecule has 2 fully saturated rings. The van der Waals surface area contributed by atoms with Crippen LogP contribution < -0.4 is 5.73 Å². The lowest BCUT2D eigenvalue weighted by atomic mass is 10.1. The molecule has 3 N–H and O–H groups in total. The first-order valence-electron chi connectivity index (χ1n) is 7.04. The number of nitrogen functional groups attached to an aromatic ring is 1. The van der Waals surface area contributed by atoms with Crippen LogP contribution in [0.1, 0.15) is 20.1 Å². The lowest BCUT2D eigenvalue weighted by Gasteiger charge is -2.23. The lowest BCUT2D eigenvalue weighted by Crippen LogP contribution is -2.35. The van der Waals surface area contributed by atoms with Crippen LogP contribution in [-0.4, -0.2) is 54.7 Å². The van der Waals surface area contributed by atoms with E-state index in [4.69, 9.17) is 19.9 Å². The molecule has 0 aromatic carbocycles. The van der Waals surface area contributed by atoms with Gasteiger partial charge in [0.05, 0.1) is 6.33 Å². The van der Waals surface area contributed by atoms with Crippen molar-refractivity contribution in [2.45, 2.75) is 44.2 Å². The van der Waals surface area contributed by atoms with Gasteiger partial charge in [-0.05, 0) is 13.8 Å². The lowest BCUT2D eigenvalue weighted by molar-refractivity contribution is -0.202. The molecule has 0 aliphatic carbocycles. The van der Waals surface area contributed by atoms with Crippen LogP contribution in [0.3, 0.4) is 0 Å². The van der Waals surface area contributed by atoms with Gasteiger partial charge in [-0.1, -0.05) is 0 Å². The first-order valence-corrected chi connectivity index (χ1v) is 7.04. The molecule has 23 heavy (non-hydrogen) atoms. The van der Waals surface area contributed by atoms with Gasteiger partial charge in [0.2, 0.25) is 0 Å². The van der Waals surface area contributed by atoms with Gasteiger partial charge in [0.15, 0.2) is 29.6 Å². The van der Waals surface area contributed by atoms with Crippen LogP contribution in [0.15, 0.2) is 12.7 Å². The summed E-state index contributed by atoms with van der Waals surface area (Å²) in [5, 5.41) is 9.37. The first-order chi connectivity index (χ1) is 10.9. The number of hydrogen-bond donors (Lipinski definition) is 2. The van der Waals surface area contributed by atoms with Crippen LogP contribution >= 0.6 is 0 Å². The second-order valence-electron chi connectivity index (χ2n) is 5.93. The monoisotopic (exact) mass is 321 g/mol. The molecule has 10 nitrogen and oxygen atoms in total. The number of hydrogen-bond acceptors (Lipinski definition) is 8. The minimum atomic E-state index is -1.14. The fourth-order valence-corrected chi connectivity index (χ4v) is 3.06. The van der Waals surface area contributed by atoms with Gasteiger partial charge in [-0.3, -0.25) is 4.57 Å². The van der Waals surface area contributed by atoms with E-state index < -0.39 is 36.3 Å². The zero-order valence-electron chi connectivity index (χ0n) is 12.4. The number of fused-ring (bicyclic) bond motifs is 2. The zero-order valence-corrected chi connectivity index (χ0v) is 12.4. The Hall–Kier alpha value is -2.30. The first kappa shape index (κ1) is 14.3. The molecular formula is C13H15N5O5. The molecule has 0 bridgehead atoms. The summed E-state index contributed by atoms with van der Waals surface area (Å²) in [5.41, 5.74) is 6.64. The van der Waals surface area contributed by atoms with E-state index in [0.29, 0.717) is 11.2 Å². The van der Waals surface area contributed by atoms with Gasteiger partial charge in [-0.25, -0.2) is 19.7 Å². The van der Waals surface area contributed by atoms with Crippen LogP contribution in [0, 0.1) is 0 Å². The Balaban J connectivity index is 1.78. The quantitative estimate of drug-likeness (QED) is 0.777. The number of imidazole rings is 1. The predicted molar refractivity (Wildman–Crippen MR) is 75.1 cm³/mol. The molecule has 4 rings (SSSR count). The maximum Gasteiger partial charge on any atom is 0.335 e. The smallest absolute Gasteiger partial charge is 0.335 e. The SMILES string of the molecule is CC1(C)OC2[C@H](O1)[C@H](C(=O)O)O[C@@H]2n1cnc2c(N)ncnc21. The van der Waals surface area contributed by atoms with Crippen LogP contribution in [0.2, 0.25) is 0 Å². The minimum absolute atomic E-state index is 0.238. The molecule has 4 atom stereocenters. The summed E-state index contributed by atoms with van der Waals surface area (Å²) in [5.74, 6) is -1.76. The number of anilines is 1. The van der Waals surface area contributed by atoms with Gasteiger partial charge in [-0.2, -0.15) is 0 Å². The number of nitrogens with two attached hydrogens (primary N) is 1. The molecule has 2 saturated heterocycles. The third kappa shape index (κ3) is 2.06. The fourth-order valence-electron chi connectivity index (χ4n) is 3.06. The van der Waals surface area contributed by atoms with Crippen LogP contribution in [0.25, 0.3) is 11.2 Å². The van der Waals surface area contributed by atoms with E-state index in [-0.39, 0.29) is 5.82 Å². The third-order valence-corrected chi connectivity index (χ3v) is 3.93. The highest BCUT2D eigenvalue weighted by atomic mass is 16.8. The number of carboxylic acid groups (broad SMARTS) is 1. The Morgan fingerprint density at radius 1 is 1.30 bits per heavy atom. The Morgan fingerprint density at radius 2 is 2.04 bits per heavy atom. The second-order valence-corrected chi connectivity index (χ2v) is 5.93. The second kappa shape index (κ2) is 4.60. The summed E-state index contributed by atoms with van der Waals surface area (Å²) in [6.45, 7) is 3.46. The molecule has 122 valence electrons. The Bertz CT molecular complexity index is 790. The summed E-state index contributed by atoms with van der Waals surface area (Å²) in [7, 11) is 0. The van der Waals surface area contributed by atoms with Gasteiger partial charge >= 0.3 is 5.97 Å². The number of carbonyl (C=O) groups is 1. The maximum absolute atomic E-state index is 11.5. The molecule has 0 radical (unpaired) electrons. The number of rotatable bonds is 2. The van der Waals surface area contributed by atoms with Crippen LogP contribution in [-0.2, 0) is 19.0 Å². The molecule has 0 spiro atoms. The van der Waals surface area contributed by atoms with E-state index in [2.05, 4.69) is 15.0 Å². The fraction of sp³-hybridized carbons (Fsp3) is 0.538. The summed E-state index contributed by atoms with van der Waals surface area (Å²) in [6, 6.07) is 0. The molecule has 0 saturated carbocycles. The van der Waals surface area contributed by atoms with Crippen LogP contribution in [0.4, 0.5) is 5.82 Å². The Kier molecular flexibility index (Phi) is 2.86. The van der Waals surface area contributed by atoms with E-state index in [1.54, 1.807) is 18.4 Å². The Morgan fingerprint density at radius 3 is 2.78 bits per heavy atom. The molecular weight excluding hydrogens is 306 g/mol. The molecule has 10 heteroatoms.